The van der Waals surface area contributed by atoms with Gasteiger partial charge in [-0.05, 0) is 6.92 Å². The quantitative estimate of drug-likeness (QED) is 0.409. The highest BCUT2D eigenvalue weighted by atomic mass is 16.5. The molecule has 5 heteroatoms. The summed E-state index contributed by atoms with van der Waals surface area (Å²) in [5.41, 5.74) is 0. The number of ether oxygens (including phenoxy) is 1. The summed E-state index contributed by atoms with van der Waals surface area (Å²) >= 11 is 0. The molecule has 1 aromatic rings. The Kier molecular flexibility index (Phi) is 4.67. The summed E-state index contributed by atoms with van der Waals surface area (Å²) in [5, 5.41) is 2.88. The van der Waals surface area contributed by atoms with Crippen molar-refractivity contribution in [2.24, 2.45) is 12.2 Å². The molecule has 0 radical (unpaired) electrons. The number of nitroso groups, excluding NO2 is 1. The maximum absolute atomic E-state index is 10.3. The van der Waals surface area contributed by atoms with Crippen LogP contribution in [0.25, 0.3) is 0 Å². The van der Waals surface area contributed by atoms with E-state index in [0.717, 1.165) is 5.82 Å². The molecule has 1 unspecified atom stereocenters. The number of nitrogens with zero attached hydrogens (tertiary/aromatic N) is 3. The second kappa shape index (κ2) is 6.03. The first kappa shape index (κ1) is 12.4. The van der Waals surface area contributed by atoms with Gasteiger partial charge >= 0.3 is 0 Å². The Labute approximate surface area is 95.0 Å². The molecule has 16 heavy (non-hydrogen) atoms. The zero-order chi connectivity index (χ0) is 12.0. The Bertz CT molecular complexity index is 392. The van der Waals surface area contributed by atoms with E-state index in [1.165, 1.54) is 0 Å². The first-order valence-corrected chi connectivity index (χ1v) is 5.06. The van der Waals surface area contributed by atoms with Crippen molar-refractivity contribution in [2.75, 3.05) is 0 Å². The summed E-state index contributed by atoms with van der Waals surface area (Å²) in [6, 6.07) is 0. The van der Waals surface area contributed by atoms with E-state index in [2.05, 4.69) is 11.1 Å². The van der Waals surface area contributed by atoms with Crippen LogP contribution >= 0.6 is 0 Å². The minimum atomic E-state index is 0.00902. The van der Waals surface area contributed by atoms with Crippen molar-refractivity contribution in [3.8, 4) is 12.3 Å². The van der Waals surface area contributed by atoms with Crippen LogP contribution in [0.1, 0.15) is 19.2 Å². The molecule has 1 rings (SSSR count). The summed E-state index contributed by atoms with van der Waals surface area (Å²) in [5.74, 6) is 3.35. The molecule has 0 aliphatic carbocycles. The van der Waals surface area contributed by atoms with Crippen LogP contribution in [0.3, 0.4) is 0 Å². The van der Waals surface area contributed by atoms with Gasteiger partial charge in [0.15, 0.2) is 13.3 Å². The van der Waals surface area contributed by atoms with Gasteiger partial charge in [-0.3, -0.25) is 0 Å². The van der Waals surface area contributed by atoms with Gasteiger partial charge in [0.1, 0.15) is 12.4 Å². The van der Waals surface area contributed by atoms with Crippen molar-refractivity contribution in [2.45, 2.75) is 32.7 Å². The third-order valence-corrected chi connectivity index (χ3v) is 2.32. The lowest BCUT2D eigenvalue weighted by atomic mass is 10.3. The Morgan fingerprint density at radius 1 is 1.75 bits per heavy atom. The predicted molar refractivity (Wildman–Crippen MR) is 59.1 cm³/mol. The molecule has 0 aromatic carbocycles. The minimum Gasteiger partial charge on any atom is -0.338 e. The number of aromatic nitrogens is 2. The fourth-order valence-electron chi connectivity index (χ4n) is 1.37. The van der Waals surface area contributed by atoms with Crippen LogP contribution in [0.4, 0.5) is 0 Å². The lowest BCUT2D eigenvalue weighted by Crippen LogP contribution is -2.32. The zero-order valence-corrected chi connectivity index (χ0v) is 9.59. The molecule has 0 spiro atoms. The molecule has 1 atom stereocenters. The third kappa shape index (κ3) is 3.17. The highest BCUT2D eigenvalue weighted by molar-refractivity contribution is 4.86. The van der Waals surface area contributed by atoms with Crippen LogP contribution in [0.5, 0.6) is 0 Å². The Balaban J connectivity index is 2.60. The fraction of sp³-hybridized carbons (Fsp3) is 0.545. The van der Waals surface area contributed by atoms with Gasteiger partial charge < -0.3 is 4.74 Å². The molecule has 0 bridgehead atoms. The zero-order valence-electron chi connectivity index (χ0n) is 9.59. The molecule has 5 nitrogen and oxygen atoms in total. The SMILES string of the molecule is C#CCC(C)OCn1cc[n+](C)c1CN=O. The number of imidazole rings is 1. The van der Waals surface area contributed by atoms with Gasteiger partial charge in [-0.25, -0.2) is 9.13 Å². The number of hydrogen-bond acceptors (Lipinski definition) is 3. The summed E-state index contributed by atoms with van der Waals surface area (Å²) < 4.78 is 9.22. The monoisotopic (exact) mass is 222 g/mol. The summed E-state index contributed by atoms with van der Waals surface area (Å²) in [6.07, 6.45) is 9.48. The van der Waals surface area contributed by atoms with Crippen molar-refractivity contribution < 1.29 is 9.30 Å². The first-order chi connectivity index (χ1) is 7.69. The second-order valence-electron chi connectivity index (χ2n) is 3.60. The van der Waals surface area contributed by atoms with Crippen molar-refractivity contribution in [3.05, 3.63) is 23.1 Å². The van der Waals surface area contributed by atoms with Crippen LogP contribution < -0.4 is 4.57 Å². The van der Waals surface area contributed by atoms with Crippen LogP contribution in [0.15, 0.2) is 17.6 Å². The Morgan fingerprint density at radius 2 is 2.50 bits per heavy atom. The average molecular weight is 222 g/mol. The predicted octanol–water partition coefficient (Wildman–Crippen LogP) is 0.965. The maximum atomic E-state index is 10.3. The summed E-state index contributed by atoms with van der Waals surface area (Å²) in [7, 11) is 1.86. The van der Waals surface area contributed by atoms with Crippen LogP contribution in [-0.4, -0.2) is 10.7 Å². The topological polar surface area (TPSA) is 47.5 Å². The fourth-order valence-corrected chi connectivity index (χ4v) is 1.37. The normalized spacial score (nSPS) is 12.1. The van der Waals surface area contributed by atoms with E-state index < -0.39 is 0 Å². The first-order valence-electron chi connectivity index (χ1n) is 5.06. The van der Waals surface area contributed by atoms with Gasteiger partial charge in [0.2, 0.25) is 0 Å². The second-order valence-corrected chi connectivity index (χ2v) is 3.60. The lowest BCUT2D eigenvalue weighted by Gasteiger charge is -2.08. The number of rotatable bonds is 6. The molecule has 0 fully saturated rings. The van der Waals surface area contributed by atoms with Gasteiger partial charge in [0.05, 0.1) is 13.2 Å². The molecular weight excluding hydrogens is 206 g/mol. The van der Waals surface area contributed by atoms with Gasteiger partial charge in [0, 0.05) is 6.42 Å². The van der Waals surface area contributed by atoms with E-state index in [9.17, 15) is 4.91 Å². The molecule has 86 valence electrons. The van der Waals surface area contributed by atoms with Crippen molar-refractivity contribution in [3.63, 3.8) is 0 Å². The Morgan fingerprint density at radius 3 is 3.12 bits per heavy atom. The van der Waals surface area contributed by atoms with E-state index >= 15 is 0 Å². The maximum Gasteiger partial charge on any atom is 0.283 e. The van der Waals surface area contributed by atoms with Gasteiger partial charge in [0.25, 0.3) is 5.82 Å². The average Bonchev–Trinajstić information content (AvgIpc) is 2.59. The van der Waals surface area contributed by atoms with Gasteiger partial charge in [-0.1, -0.05) is 5.18 Å². The number of aryl methyl sites for hydroxylation is 1. The largest absolute Gasteiger partial charge is 0.338 e. The van der Waals surface area contributed by atoms with E-state index in [0.29, 0.717) is 13.2 Å². The van der Waals surface area contributed by atoms with Crippen molar-refractivity contribution >= 4 is 0 Å². The summed E-state index contributed by atoms with van der Waals surface area (Å²) in [6.45, 7) is 2.44. The Hall–Kier alpha value is -1.67. The molecule has 0 aliphatic heterocycles. The summed E-state index contributed by atoms with van der Waals surface area (Å²) in [4.78, 5) is 10.3. The molecule has 1 aromatic heterocycles. The van der Waals surface area contributed by atoms with E-state index in [1.54, 1.807) is 0 Å². The van der Waals surface area contributed by atoms with Crippen molar-refractivity contribution in [1.82, 2.24) is 4.57 Å². The number of hydrogen-bond donors (Lipinski definition) is 0. The van der Waals surface area contributed by atoms with E-state index in [4.69, 9.17) is 11.2 Å². The van der Waals surface area contributed by atoms with E-state index in [1.807, 2.05) is 35.5 Å². The highest BCUT2D eigenvalue weighted by Gasteiger charge is 2.15. The van der Waals surface area contributed by atoms with Crippen molar-refractivity contribution in [1.29, 1.82) is 0 Å². The smallest absolute Gasteiger partial charge is 0.283 e. The van der Waals surface area contributed by atoms with Crippen LogP contribution in [0, 0.1) is 17.3 Å². The van der Waals surface area contributed by atoms with Gasteiger partial charge in [-0.15, -0.1) is 12.3 Å². The van der Waals surface area contributed by atoms with Gasteiger partial charge in [-0.2, -0.15) is 4.91 Å². The van der Waals surface area contributed by atoms with Crippen LogP contribution in [-0.2, 0) is 25.1 Å². The molecular formula is C11H16N3O2+. The molecule has 0 amide bonds. The highest BCUT2D eigenvalue weighted by Crippen LogP contribution is 2.02. The van der Waals surface area contributed by atoms with Crippen LogP contribution in [0.2, 0.25) is 0 Å². The third-order valence-electron chi connectivity index (χ3n) is 2.32. The standard InChI is InChI=1S/C11H16N3O2/c1-4-5-10(2)16-9-14-7-6-13(3)11(14)8-12-15/h1,6-7,10H,5,8-9H2,2-3H3/q+1. The molecule has 0 saturated carbocycles. The molecule has 0 saturated heterocycles. The van der Waals surface area contributed by atoms with E-state index in [-0.39, 0.29) is 12.6 Å². The lowest BCUT2D eigenvalue weighted by molar-refractivity contribution is -0.679. The molecule has 0 N–H and O–H groups in total. The minimum absolute atomic E-state index is 0.00902. The molecule has 0 aliphatic rings. The molecule has 1 heterocycles. The number of terminal acetylenes is 1.